The second kappa shape index (κ2) is 4.31. The Kier molecular flexibility index (Phi) is 3.06. The molecule has 1 saturated carbocycles. The molecule has 2 rings (SSSR count). The molecular weight excluding hydrogens is 189 g/mol. The fourth-order valence-electron chi connectivity index (χ4n) is 2.35. The van der Waals surface area contributed by atoms with Crippen LogP contribution in [0.4, 0.5) is 4.39 Å². The molecule has 0 spiro atoms. The van der Waals surface area contributed by atoms with E-state index >= 15 is 0 Å². The highest BCUT2D eigenvalue weighted by Gasteiger charge is 2.36. The maximum atomic E-state index is 12.1. The second-order valence-electron chi connectivity index (χ2n) is 4.47. The lowest BCUT2D eigenvalue weighted by Crippen LogP contribution is -2.41. The fourth-order valence-corrected chi connectivity index (χ4v) is 2.35. The number of benzene rings is 1. The van der Waals surface area contributed by atoms with Gasteiger partial charge in [0.05, 0.1) is 6.67 Å². The highest BCUT2D eigenvalue weighted by atomic mass is 19.1. The van der Waals surface area contributed by atoms with Gasteiger partial charge in [0.2, 0.25) is 0 Å². The van der Waals surface area contributed by atoms with Gasteiger partial charge in [0.15, 0.2) is 0 Å². The smallest absolute Gasteiger partial charge is 0.0934 e. The minimum Gasteiger partial charge on any atom is -0.330 e. The zero-order valence-electron chi connectivity index (χ0n) is 9.01. The summed E-state index contributed by atoms with van der Waals surface area (Å²) in [5.74, 6) is 0. The third kappa shape index (κ3) is 1.91. The van der Waals surface area contributed by atoms with Gasteiger partial charge in [-0.3, -0.25) is 4.39 Å². The van der Waals surface area contributed by atoms with Crippen molar-refractivity contribution in [3.8, 4) is 0 Å². The first-order valence-corrected chi connectivity index (χ1v) is 5.66. The number of aryl methyl sites for hydroxylation is 1. The predicted molar refractivity (Wildman–Crippen MR) is 60.7 cm³/mol. The van der Waals surface area contributed by atoms with Gasteiger partial charge < -0.3 is 5.73 Å². The molecule has 2 N–H and O–H groups in total. The van der Waals surface area contributed by atoms with Gasteiger partial charge in [0.1, 0.15) is 0 Å². The van der Waals surface area contributed by atoms with E-state index in [-0.39, 0.29) is 12.1 Å². The van der Waals surface area contributed by atoms with Gasteiger partial charge in [-0.1, -0.05) is 30.7 Å². The molecule has 0 heterocycles. The van der Waals surface area contributed by atoms with Crippen molar-refractivity contribution in [2.75, 3.05) is 13.2 Å². The highest BCUT2D eigenvalue weighted by Crippen LogP contribution is 2.42. The third-order valence-electron chi connectivity index (χ3n) is 3.65. The van der Waals surface area contributed by atoms with Crippen molar-refractivity contribution in [3.63, 3.8) is 0 Å². The topological polar surface area (TPSA) is 26.0 Å². The standard InChI is InChI=1S/C13H18FN/c14-9-6-11-2-4-12(5-3-11)13(10-15)7-1-8-13/h2-5H,1,6-10,15H2. The maximum Gasteiger partial charge on any atom is 0.0934 e. The molecule has 1 aromatic rings. The van der Waals surface area contributed by atoms with Crippen LogP contribution in [0.5, 0.6) is 0 Å². The van der Waals surface area contributed by atoms with Crippen LogP contribution in [0.25, 0.3) is 0 Å². The lowest BCUT2D eigenvalue weighted by molar-refractivity contribution is 0.253. The lowest BCUT2D eigenvalue weighted by Gasteiger charge is -2.41. The second-order valence-corrected chi connectivity index (χ2v) is 4.47. The molecule has 1 aliphatic carbocycles. The summed E-state index contributed by atoms with van der Waals surface area (Å²) in [6.07, 6.45) is 4.21. The Morgan fingerprint density at radius 2 is 1.87 bits per heavy atom. The number of rotatable bonds is 4. The van der Waals surface area contributed by atoms with Crippen LogP contribution >= 0.6 is 0 Å². The lowest BCUT2D eigenvalue weighted by atomic mass is 9.64. The summed E-state index contributed by atoms with van der Waals surface area (Å²) in [5, 5.41) is 0. The van der Waals surface area contributed by atoms with Crippen molar-refractivity contribution in [2.45, 2.75) is 31.1 Å². The normalized spacial score (nSPS) is 18.5. The molecule has 0 saturated heterocycles. The molecule has 0 unspecified atom stereocenters. The molecule has 1 nitrogen and oxygen atoms in total. The first kappa shape index (κ1) is 10.6. The van der Waals surface area contributed by atoms with E-state index in [1.165, 1.54) is 24.8 Å². The van der Waals surface area contributed by atoms with Crippen molar-refractivity contribution in [1.29, 1.82) is 0 Å². The van der Waals surface area contributed by atoms with Crippen LogP contribution in [0.1, 0.15) is 30.4 Å². The summed E-state index contributed by atoms with van der Waals surface area (Å²) in [6.45, 7) is 0.455. The maximum absolute atomic E-state index is 12.1. The van der Waals surface area contributed by atoms with Crippen LogP contribution in [0.15, 0.2) is 24.3 Å². The summed E-state index contributed by atoms with van der Waals surface area (Å²) in [6, 6.07) is 8.31. The molecule has 0 amide bonds. The van der Waals surface area contributed by atoms with E-state index in [4.69, 9.17) is 5.73 Å². The van der Waals surface area contributed by atoms with Crippen molar-refractivity contribution in [1.82, 2.24) is 0 Å². The minimum absolute atomic E-state index is 0.230. The summed E-state index contributed by atoms with van der Waals surface area (Å²) in [7, 11) is 0. The van der Waals surface area contributed by atoms with Gasteiger partial charge in [-0.25, -0.2) is 0 Å². The highest BCUT2D eigenvalue weighted by molar-refractivity contribution is 5.31. The summed E-state index contributed by atoms with van der Waals surface area (Å²) >= 11 is 0. The first-order chi connectivity index (χ1) is 7.30. The van der Waals surface area contributed by atoms with E-state index in [1.54, 1.807) is 0 Å². The molecule has 0 bridgehead atoms. The molecule has 82 valence electrons. The van der Waals surface area contributed by atoms with Crippen molar-refractivity contribution < 1.29 is 4.39 Å². The zero-order valence-corrected chi connectivity index (χ0v) is 9.01. The molecule has 0 aromatic heterocycles. The van der Waals surface area contributed by atoms with Crippen LogP contribution in [-0.2, 0) is 11.8 Å². The van der Waals surface area contributed by atoms with Crippen LogP contribution in [0.3, 0.4) is 0 Å². The van der Waals surface area contributed by atoms with E-state index < -0.39 is 0 Å². The van der Waals surface area contributed by atoms with Crippen LogP contribution in [-0.4, -0.2) is 13.2 Å². The van der Waals surface area contributed by atoms with Gasteiger partial charge in [0.25, 0.3) is 0 Å². The number of hydrogen-bond acceptors (Lipinski definition) is 1. The molecular formula is C13H18FN. The van der Waals surface area contributed by atoms with E-state index in [0.29, 0.717) is 6.42 Å². The van der Waals surface area contributed by atoms with Gasteiger partial charge in [-0.15, -0.1) is 0 Å². The molecule has 15 heavy (non-hydrogen) atoms. The van der Waals surface area contributed by atoms with E-state index in [0.717, 1.165) is 12.1 Å². The Bertz CT molecular complexity index is 308. The Hall–Kier alpha value is -0.890. The monoisotopic (exact) mass is 207 g/mol. The molecule has 0 atom stereocenters. The fraction of sp³-hybridized carbons (Fsp3) is 0.538. The molecule has 1 aliphatic rings. The number of nitrogens with two attached hydrogens (primary N) is 1. The van der Waals surface area contributed by atoms with Crippen LogP contribution in [0, 0.1) is 0 Å². The van der Waals surface area contributed by atoms with Crippen LogP contribution in [0.2, 0.25) is 0 Å². The SMILES string of the molecule is NCC1(c2ccc(CCF)cc2)CCC1. The third-order valence-corrected chi connectivity index (χ3v) is 3.65. The summed E-state index contributed by atoms with van der Waals surface area (Å²) in [4.78, 5) is 0. The number of hydrogen-bond donors (Lipinski definition) is 1. The average molecular weight is 207 g/mol. The Morgan fingerprint density at radius 1 is 1.20 bits per heavy atom. The minimum atomic E-state index is -0.276. The van der Waals surface area contributed by atoms with Gasteiger partial charge >= 0.3 is 0 Å². The van der Waals surface area contributed by atoms with Crippen molar-refractivity contribution in [3.05, 3.63) is 35.4 Å². The van der Waals surface area contributed by atoms with Crippen molar-refractivity contribution in [2.24, 2.45) is 5.73 Å². The van der Waals surface area contributed by atoms with Crippen LogP contribution < -0.4 is 5.73 Å². The summed E-state index contributed by atoms with van der Waals surface area (Å²) in [5.41, 5.74) is 8.48. The first-order valence-electron chi connectivity index (χ1n) is 5.66. The zero-order chi connectivity index (χ0) is 10.7. The van der Waals surface area contributed by atoms with Gasteiger partial charge in [-0.2, -0.15) is 0 Å². The Morgan fingerprint density at radius 3 is 2.27 bits per heavy atom. The Balaban J connectivity index is 2.15. The molecule has 2 heteroatoms. The molecule has 1 aromatic carbocycles. The quantitative estimate of drug-likeness (QED) is 0.806. The predicted octanol–water partition coefficient (Wildman–Crippen LogP) is 2.58. The van der Waals surface area contributed by atoms with E-state index in [1.807, 2.05) is 12.1 Å². The van der Waals surface area contributed by atoms with Gasteiger partial charge in [-0.05, 0) is 24.0 Å². The van der Waals surface area contributed by atoms with Gasteiger partial charge in [0, 0.05) is 18.4 Å². The largest absolute Gasteiger partial charge is 0.330 e. The summed E-state index contributed by atoms with van der Waals surface area (Å²) < 4.78 is 12.1. The molecule has 0 radical (unpaired) electrons. The number of halogens is 1. The molecule has 1 fully saturated rings. The molecule has 0 aliphatic heterocycles. The van der Waals surface area contributed by atoms with E-state index in [2.05, 4.69) is 12.1 Å². The van der Waals surface area contributed by atoms with Crippen molar-refractivity contribution >= 4 is 0 Å². The average Bonchev–Trinajstić information content (AvgIpc) is 2.20. The van der Waals surface area contributed by atoms with E-state index in [9.17, 15) is 4.39 Å². The Labute approximate surface area is 90.5 Å². The number of alkyl halides is 1.